The van der Waals surface area contributed by atoms with Gasteiger partial charge in [0, 0.05) is 43.7 Å². The summed E-state index contributed by atoms with van der Waals surface area (Å²) in [6.07, 6.45) is 5.92. The Morgan fingerprint density at radius 1 is 1.15 bits per heavy atom. The maximum absolute atomic E-state index is 14.2. The van der Waals surface area contributed by atoms with Gasteiger partial charge in [-0.3, -0.25) is 28.5 Å². The van der Waals surface area contributed by atoms with Crippen LogP contribution in [-0.2, 0) is 23.2 Å². The summed E-state index contributed by atoms with van der Waals surface area (Å²) in [7, 11) is 1.44. The number of nitrogens with zero attached hydrogens (tertiary/aromatic N) is 8. The van der Waals surface area contributed by atoms with Crippen LogP contribution in [0.2, 0.25) is 0 Å². The van der Waals surface area contributed by atoms with Crippen LogP contribution >= 0.6 is 0 Å². The number of hydrogen-bond acceptors (Lipinski definition) is 9. The third-order valence-electron chi connectivity index (χ3n) is 8.15. The second-order valence-electron chi connectivity index (χ2n) is 10.9. The molecule has 0 spiro atoms. The Morgan fingerprint density at radius 3 is 2.54 bits per heavy atom. The van der Waals surface area contributed by atoms with Gasteiger partial charge in [0.15, 0.2) is 17.0 Å². The van der Waals surface area contributed by atoms with Crippen LogP contribution < -0.4 is 21.5 Å². The fourth-order valence-corrected chi connectivity index (χ4v) is 5.60. The number of nitrogens with one attached hydrogen (secondary N) is 1. The number of anilines is 2. The van der Waals surface area contributed by atoms with Crippen LogP contribution in [0.4, 0.5) is 16.0 Å². The van der Waals surface area contributed by atoms with Gasteiger partial charge < -0.3 is 14.8 Å². The molecule has 2 unspecified atom stereocenters. The lowest BCUT2D eigenvalue weighted by molar-refractivity contribution is -0.119. The zero-order valence-corrected chi connectivity index (χ0v) is 22.9. The summed E-state index contributed by atoms with van der Waals surface area (Å²) in [5.41, 5.74) is -1.14. The second-order valence-corrected chi connectivity index (χ2v) is 10.9. The molecule has 14 heteroatoms. The highest BCUT2D eigenvalue weighted by atomic mass is 19.1. The van der Waals surface area contributed by atoms with E-state index >= 15 is 0 Å². The number of carbonyl (C=O) groups excluding carboxylic acids is 2. The van der Waals surface area contributed by atoms with Crippen LogP contribution in [0.25, 0.3) is 22.4 Å². The standard InChI is InChI=1S/C27H28FN9O4/c1-14(38)10-36-25(40)22-23(34(4)26(36)41)31-13-37(22)15(2)24(39)33-20-9-29-8-19(32-20)16-5-6-21(30-7-16)35-11-17-18(12-35)27(17,3)28/h5-9,13,15,17-18H,10-12H2,1-4H3,(H,32,33,39)/t15-,17?,18?,27?/m0/s1. The number of Topliss-reactive ketones (excluding diaryl/α,β-unsaturated/α-hetero) is 1. The second kappa shape index (κ2) is 9.42. The van der Waals surface area contributed by atoms with E-state index in [-0.39, 0.29) is 41.1 Å². The van der Waals surface area contributed by atoms with Crippen LogP contribution in [0.1, 0.15) is 26.8 Å². The highest BCUT2D eigenvalue weighted by Crippen LogP contribution is 2.58. The lowest BCUT2D eigenvalue weighted by Crippen LogP contribution is -2.41. The van der Waals surface area contributed by atoms with Gasteiger partial charge in [-0.2, -0.15) is 0 Å². The molecule has 5 heterocycles. The highest BCUT2D eigenvalue weighted by molar-refractivity contribution is 5.93. The van der Waals surface area contributed by atoms with Crippen molar-refractivity contribution < 1.29 is 14.0 Å². The summed E-state index contributed by atoms with van der Waals surface area (Å²) in [5.74, 6) is 0.229. The van der Waals surface area contributed by atoms with Crippen molar-refractivity contribution >= 4 is 34.5 Å². The lowest BCUT2D eigenvalue weighted by atomic mass is 10.2. The predicted octanol–water partition coefficient (Wildman–Crippen LogP) is 1.33. The van der Waals surface area contributed by atoms with Crippen LogP contribution in [0.3, 0.4) is 0 Å². The van der Waals surface area contributed by atoms with Crippen molar-refractivity contribution in [3.63, 3.8) is 0 Å². The van der Waals surface area contributed by atoms with Gasteiger partial charge in [-0.05, 0) is 32.9 Å². The molecule has 1 saturated carbocycles. The number of piperidine rings is 1. The van der Waals surface area contributed by atoms with E-state index in [0.29, 0.717) is 24.3 Å². The number of hydrogen-bond donors (Lipinski definition) is 1. The van der Waals surface area contributed by atoms with Gasteiger partial charge in [-0.15, -0.1) is 0 Å². The molecule has 212 valence electrons. The Morgan fingerprint density at radius 2 is 1.88 bits per heavy atom. The molecule has 4 aromatic heterocycles. The largest absolute Gasteiger partial charge is 0.356 e. The van der Waals surface area contributed by atoms with Gasteiger partial charge in [0.1, 0.15) is 23.3 Å². The van der Waals surface area contributed by atoms with Crippen molar-refractivity contribution in [1.82, 2.24) is 33.6 Å². The molecule has 2 fully saturated rings. The Balaban J connectivity index is 1.20. The van der Waals surface area contributed by atoms with Gasteiger partial charge in [0.25, 0.3) is 5.56 Å². The van der Waals surface area contributed by atoms with Gasteiger partial charge >= 0.3 is 5.69 Å². The highest BCUT2D eigenvalue weighted by Gasteiger charge is 2.66. The lowest BCUT2D eigenvalue weighted by Gasteiger charge is -2.21. The van der Waals surface area contributed by atoms with Crippen molar-refractivity contribution in [3.05, 3.63) is 57.9 Å². The van der Waals surface area contributed by atoms with E-state index in [4.69, 9.17) is 0 Å². The summed E-state index contributed by atoms with van der Waals surface area (Å²) in [6.45, 7) is 5.43. The molecule has 1 saturated heterocycles. The minimum Gasteiger partial charge on any atom is -0.356 e. The number of aryl methyl sites for hydroxylation is 1. The fourth-order valence-electron chi connectivity index (χ4n) is 5.60. The molecule has 0 radical (unpaired) electrons. The van der Waals surface area contributed by atoms with Crippen LogP contribution in [-0.4, -0.2) is 64.1 Å². The van der Waals surface area contributed by atoms with Gasteiger partial charge in [-0.25, -0.2) is 24.1 Å². The van der Waals surface area contributed by atoms with Crippen LogP contribution in [0.5, 0.6) is 0 Å². The third kappa shape index (κ3) is 4.39. The number of halogens is 1. The summed E-state index contributed by atoms with van der Waals surface area (Å²) < 4.78 is 17.5. The normalized spacial score (nSPS) is 22.0. The zero-order valence-electron chi connectivity index (χ0n) is 22.9. The summed E-state index contributed by atoms with van der Waals surface area (Å²) in [4.78, 5) is 70.0. The molecule has 1 aliphatic heterocycles. The first-order valence-electron chi connectivity index (χ1n) is 13.2. The van der Waals surface area contributed by atoms with Crippen molar-refractivity contribution in [1.29, 1.82) is 0 Å². The number of aromatic nitrogens is 7. The first kappa shape index (κ1) is 26.5. The number of amides is 1. The molecule has 6 rings (SSSR count). The summed E-state index contributed by atoms with van der Waals surface area (Å²) in [5, 5.41) is 2.71. The zero-order chi connectivity index (χ0) is 29.2. The smallest absolute Gasteiger partial charge is 0.332 e. The van der Waals surface area contributed by atoms with Crippen molar-refractivity contribution in [3.8, 4) is 11.3 Å². The molecule has 1 aliphatic carbocycles. The molecule has 1 amide bonds. The maximum Gasteiger partial charge on any atom is 0.332 e. The van der Waals surface area contributed by atoms with E-state index in [0.717, 1.165) is 10.4 Å². The Hall–Kier alpha value is -4.75. The van der Waals surface area contributed by atoms with E-state index in [1.54, 1.807) is 26.2 Å². The van der Waals surface area contributed by atoms with E-state index < -0.39 is 28.9 Å². The SMILES string of the molecule is CC(=O)Cn1c(=O)c2c(ncn2[C@@H](C)C(=O)Nc2cncc(-c3ccc(N4CC5C(C4)C5(C)F)nc3)n2)n(C)c1=O. The summed E-state index contributed by atoms with van der Waals surface area (Å²) >= 11 is 0. The Labute approximate surface area is 232 Å². The minimum absolute atomic E-state index is 0.0217. The van der Waals surface area contributed by atoms with Gasteiger partial charge in [0.05, 0.1) is 31.0 Å². The van der Waals surface area contributed by atoms with E-state index in [2.05, 4.69) is 30.2 Å². The molecular weight excluding hydrogens is 533 g/mol. The average Bonchev–Trinajstić information content (AvgIpc) is 3.38. The molecular formula is C27H28FN9O4. The van der Waals surface area contributed by atoms with Gasteiger partial charge in [0.2, 0.25) is 5.91 Å². The molecule has 4 aromatic rings. The molecule has 41 heavy (non-hydrogen) atoms. The molecule has 2 aliphatic rings. The van der Waals surface area contributed by atoms with E-state index in [1.807, 2.05) is 12.1 Å². The van der Waals surface area contributed by atoms with Gasteiger partial charge in [-0.1, -0.05) is 0 Å². The first-order chi connectivity index (χ1) is 19.5. The maximum atomic E-state index is 14.2. The van der Waals surface area contributed by atoms with Crippen molar-refractivity contribution in [2.75, 3.05) is 23.3 Å². The summed E-state index contributed by atoms with van der Waals surface area (Å²) in [6, 6.07) is 2.80. The average molecular weight is 562 g/mol. The third-order valence-corrected chi connectivity index (χ3v) is 8.15. The Kier molecular flexibility index (Phi) is 6.08. The molecule has 0 bridgehead atoms. The monoisotopic (exact) mass is 561 g/mol. The number of alkyl halides is 1. The first-order valence-corrected chi connectivity index (χ1v) is 13.2. The Bertz CT molecular complexity index is 1810. The van der Waals surface area contributed by atoms with Crippen molar-refractivity contribution in [2.45, 2.75) is 39.0 Å². The van der Waals surface area contributed by atoms with Crippen LogP contribution in [0, 0.1) is 11.8 Å². The minimum atomic E-state index is -1.06. The van der Waals surface area contributed by atoms with E-state index in [1.165, 1.54) is 35.6 Å². The number of fused-ring (bicyclic) bond motifs is 2. The number of pyridine rings is 1. The number of carbonyl (C=O) groups is 2. The van der Waals surface area contributed by atoms with E-state index in [9.17, 15) is 23.6 Å². The fraction of sp³-hybridized carbons (Fsp3) is 0.407. The molecule has 13 nitrogen and oxygen atoms in total. The quantitative estimate of drug-likeness (QED) is 0.353. The number of rotatable bonds is 7. The van der Waals surface area contributed by atoms with Crippen LogP contribution in [0.15, 0.2) is 46.6 Å². The molecule has 1 N–H and O–H groups in total. The topological polar surface area (TPSA) is 150 Å². The number of ketones is 1. The van der Waals surface area contributed by atoms with Crippen molar-refractivity contribution in [2.24, 2.45) is 18.9 Å². The number of imidazole rings is 1. The molecule has 0 aromatic carbocycles. The predicted molar refractivity (Wildman–Crippen MR) is 147 cm³/mol. The molecule has 3 atom stereocenters.